The minimum Gasteiger partial charge on any atom is -0.384 e. The van der Waals surface area contributed by atoms with Crippen molar-refractivity contribution in [2.75, 3.05) is 29.9 Å². The average molecular weight is 281 g/mol. The maximum Gasteiger partial charge on any atom is 0.134 e. The monoisotopic (exact) mass is 281 g/mol. The zero-order chi connectivity index (χ0) is 15.0. The first-order valence-corrected chi connectivity index (χ1v) is 6.97. The molecule has 1 aromatic heterocycles. The van der Waals surface area contributed by atoms with Crippen molar-refractivity contribution >= 4 is 23.0 Å². The summed E-state index contributed by atoms with van der Waals surface area (Å²) in [7, 11) is 2.10. The van der Waals surface area contributed by atoms with Crippen molar-refractivity contribution < 1.29 is 0 Å². The zero-order valence-corrected chi connectivity index (χ0v) is 12.3. The number of hydrogen-bond acceptors (Lipinski definition) is 4. The molecule has 0 fully saturated rings. The van der Waals surface area contributed by atoms with Crippen molar-refractivity contribution in [2.45, 2.75) is 6.92 Å². The highest BCUT2D eigenvalue weighted by atomic mass is 15.3. The molecule has 0 radical (unpaired) electrons. The molecule has 5 heteroatoms. The largest absolute Gasteiger partial charge is 0.384 e. The predicted molar refractivity (Wildman–Crippen MR) is 86.7 cm³/mol. The molecule has 5 nitrogen and oxygen atoms in total. The summed E-state index contributed by atoms with van der Waals surface area (Å²) in [5, 5.41) is 7.64. The molecule has 1 aliphatic heterocycles. The van der Waals surface area contributed by atoms with Crippen molar-refractivity contribution in [3.8, 4) is 0 Å². The Hall–Kier alpha value is -2.56. The molecule has 0 spiro atoms. The van der Waals surface area contributed by atoms with E-state index in [0.29, 0.717) is 5.56 Å². The number of nitrogens with zero attached hydrogens (tertiary/aromatic N) is 3. The molecular formula is C16H19N5. The number of pyridine rings is 1. The van der Waals surface area contributed by atoms with Crippen molar-refractivity contribution in [1.29, 1.82) is 5.41 Å². The van der Waals surface area contributed by atoms with E-state index in [2.05, 4.69) is 34.0 Å². The smallest absolute Gasteiger partial charge is 0.134 e. The second-order valence-corrected chi connectivity index (χ2v) is 5.33. The van der Waals surface area contributed by atoms with Gasteiger partial charge in [-0.1, -0.05) is 12.1 Å². The van der Waals surface area contributed by atoms with Crippen molar-refractivity contribution in [3.63, 3.8) is 0 Å². The highest BCUT2D eigenvalue weighted by Gasteiger charge is 2.22. The normalized spacial score (nSPS) is 14.0. The van der Waals surface area contributed by atoms with E-state index in [9.17, 15) is 0 Å². The zero-order valence-electron chi connectivity index (χ0n) is 12.3. The SMILES string of the molecule is Cc1cc(C(=N)N)cc(N2CCN(C)c3ccccc32)n1. The average Bonchev–Trinajstić information content (AvgIpc) is 2.47. The standard InChI is InChI=1S/C16H19N5/c1-11-9-12(16(17)18)10-15(19-11)21-8-7-20(2)13-5-3-4-6-14(13)21/h3-6,9-10H,7-8H2,1-2H3,(H3,17,18). The van der Waals surface area contributed by atoms with Gasteiger partial charge >= 0.3 is 0 Å². The number of anilines is 3. The van der Waals surface area contributed by atoms with Gasteiger partial charge in [-0.3, -0.25) is 5.41 Å². The summed E-state index contributed by atoms with van der Waals surface area (Å²) >= 11 is 0. The van der Waals surface area contributed by atoms with E-state index in [4.69, 9.17) is 11.1 Å². The number of aryl methyl sites for hydroxylation is 1. The first-order chi connectivity index (χ1) is 10.1. The lowest BCUT2D eigenvalue weighted by Gasteiger charge is -2.36. The van der Waals surface area contributed by atoms with Crippen LogP contribution in [0.2, 0.25) is 0 Å². The van der Waals surface area contributed by atoms with Gasteiger partial charge in [0.2, 0.25) is 0 Å². The third kappa shape index (κ3) is 2.42. The van der Waals surface area contributed by atoms with Crippen LogP contribution in [0.3, 0.4) is 0 Å². The molecule has 0 atom stereocenters. The molecule has 3 N–H and O–H groups in total. The summed E-state index contributed by atoms with van der Waals surface area (Å²) < 4.78 is 0. The Bertz CT molecular complexity index is 695. The van der Waals surface area contributed by atoms with Crippen LogP contribution in [-0.2, 0) is 0 Å². The van der Waals surface area contributed by atoms with E-state index in [1.165, 1.54) is 5.69 Å². The Kier molecular flexibility index (Phi) is 3.25. The van der Waals surface area contributed by atoms with Gasteiger partial charge in [-0.05, 0) is 31.2 Å². The highest BCUT2D eigenvalue weighted by molar-refractivity contribution is 5.96. The molecule has 0 bridgehead atoms. The fourth-order valence-corrected chi connectivity index (χ4v) is 2.69. The second-order valence-electron chi connectivity index (χ2n) is 5.33. The van der Waals surface area contributed by atoms with Gasteiger partial charge in [-0.2, -0.15) is 0 Å². The van der Waals surface area contributed by atoms with E-state index in [-0.39, 0.29) is 5.84 Å². The number of benzene rings is 1. The topological polar surface area (TPSA) is 69.2 Å². The molecule has 21 heavy (non-hydrogen) atoms. The van der Waals surface area contributed by atoms with Crippen molar-refractivity contribution in [2.24, 2.45) is 5.73 Å². The lowest BCUT2D eigenvalue weighted by molar-refractivity contribution is 0.811. The molecule has 3 rings (SSSR count). The minimum absolute atomic E-state index is 0.0733. The third-order valence-corrected chi connectivity index (χ3v) is 3.77. The van der Waals surface area contributed by atoms with Gasteiger partial charge in [-0.15, -0.1) is 0 Å². The molecule has 0 saturated carbocycles. The van der Waals surface area contributed by atoms with Gasteiger partial charge in [0.15, 0.2) is 0 Å². The fraction of sp³-hybridized carbons (Fsp3) is 0.250. The number of nitrogens with one attached hydrogen (secondary N) is 1. The number of rotatable bonds is 2. The summed E-state index contributed by atoms with van der Waals surface area (Å²) in [6.45, 7) is 3.72. The van der Waals surface area contributed by atoms with E-state index in [0.717, 1.165) is 30.3 Å². The van der Waals surface area contributed by atoms with E-state index < -0.39 is 0 Å². The van der Waals surface area contributed by atoms with Crippen LogP contribution in [0.15, 0.2) is 36.4 Å². The molecule has 0 aliphatic carbocycles. The summed E-state index contributed by atoms with van der Waals surface area (Å²) in [5.41, 5.74) is 9.54. The molecule has 0 amide bonds. The fourth-order valence-electron chi connectivity index (χ4n) is 2.69. The Morgan fingerprint density at radius 3 is 2.62 bits per heavy atom. The number of nitrogen functional groups attached to an aromatic ring is 1. The molecule has 0 unspecified atom stereocenters. The molecular weight excluding hydrogens is 262 g/mol. The molecule has 2 aromatic rings. The molecule has 1 aliphatic rings. The quantitative estimate of drug-likeness (QED) is 0.654. The molecule has 1 aromatic carbocycles. The van der Waals surface area contributed by atoms with Crippen LogP contribution in [0.25, 0.3) is 0 Å². The number of aromatic nitrogens is 1. The first-order valence-electron chi connectivity index (χ1n) is 6.97. The van der Waals surface area contributed by atoms with Gasteiger partial charge in [0.25, 0.3) is 0 Å². The molecule has 108 valence electrons. The molecule has 2 heterocycles. The predicted octanol–water partition coefficient (Wildman–Crippen LogP) is 2.26. The number of fused-ring (bicyclic) bond motifs is 1. The number of hydrogen-bond donors (Lipinski definition) is 2. The minimum atomic E-state index is 0.0733. The number of nitrogens with two attached hydrogens (primary N) is 1. The van der Waals surface area contributed by atoms with Crippen LogP contribution < -0.4 is 15.5 Å². The second kappa shape index (κ2) is 5.09. The van der Waals surface area contributed by atoms with Gasteiger partial charge in [0.1, 0.15) is 11.7 Å². The summed E-state index contributed by atoms with van der Waals surface area (Å²) in [6.07, 6.45) is 0. The van der Waals surface area contributed by atoms with Crippen molar-refractivity contribution in [1.82, 2.24) is 4.98 Å². The lowest BCUT2D eigenvalue weighted by atomic mass is 10.1. The first kappa shape index (κ1) is 13.4. The number of amidine groups is 1. The van der Waals surface area contributed by atoms with Crippen LogP contribution in [0, 0.1) is 12.3 Å². The van der Waals surface area contributed by atoms with Crippen LogP contribution in [0.4, 0.5) is 17.2 Å². The van der Waals surface area contributed by atoms with Crippen molar-refractivity contribution in [3.05, 3.63) is 47.7 Å². The highest BCUT2D eigenvalue weighted by Crippen LogP contribution is 2.36. The van der Waals surface area contributed by atoms with Crippen LogP contribution in [0.5, 0.6) is 0 Å². The van der Waals surface area contributed by atoms with Gasteiger partial charge in [-0.25, -0.2) is 4.98 Å². The van der Waals surface area contributed by atoms with E-state index >= 15 is 0 Å². The Labute approximate surface area is 124 Å². The van der Waals surface area contributed by atoms with Gasteiger partial charge < -0.3 is 15.5 Å². The summed E-state index contributed by atoms with van der Waals surface area (Å²) in [5.74, 6) is 0.921. The third-order valence-electron chi connectivity index (χ3n) is 3.77. The van der Waals surface area contributed by atoms with Crippen LogP contribution >= 0.6 is 0 Å². The maximum absolute atomic E-state index is 7.64. The molecule has 0 saturated heterocycles. The van der Waals surface area contributed by atoms with Gasteiger partial charge in [0, 0.05) is 31.4 Å². The van der Waals surface area contributed by atoms with E-state index in [1.54, 1.807) is 0 Å². The Balaban J connectivity index is 2.10. The lowest BCUT2D eigenvalue weighted by Crippen LogP contribution is -2.37. The Morgan fingerprint density at radius 1 is 1.19 bits per heavy atom. The summed E-state index contributed by atoms with van der Waals surface area (Å²) in [4.78, 5) is 9.05. The maximum atomic E-state index is 7.64. The van der Waals surface area contributed by atoms with Crippen LogP contribution in [-0.4, -0.2) is 31.0 Å². The van der Waals surface area contributed by atoms with Gasteiger partial charge in [0.05, 0.1) is 11.4 Å². The Morgan fingerprint density at radius 2 is 1.90 bits per heavy atom. The number of para-hydroxylation sites is 2. The van der Waals surface area contributed by atoms with Crippen LogP contribution in [0.1, 0.15) is 11.3 Å². The summed E-state index contributed by atoms with van der Waals surface area (Å²) in [6, 6.07) is 12.0. The van der Waals surface area contributed by atoms with E-state index in [1.807, 2.05) is 31.2 Å². The number of likely N-dealkylation sites (N-methyl/N-ethyl adjacent to an activating group) is 1.